The Hall–Kier alpha value is -3.35. The molecule has 176 valence electrons. The lowest BCUT2D eigenvalue weighted by Gasteiger charge is -2.28. The molecule has 0 aliphatic carbocycles. The van der Waals surface area contributed by atoms with Crippen LogP contribution in [0.15, 0.2) is 90.0 Å². The molecule has 6 rings (SSSR count). The van der Waals surface area contributed by atoms with Gasteiger partial charge in [0.2, 0.25) is 0 Å². The van der Waals surface area contributed by atoms with Crippen LogP contribution in [0, 0.1) is 0 Å². The number of benzene rings is 3. The minimum absolute atomic E-state index is 0.206. The molecule has 3 heterocycles. The van der Waals surface area contributed by atoms with E-state index in [9.17, 15) is 8.42 Å². The first-order valence-electron chi connectivity index (χ1n) is 11.8. The van der Waals surface area contributed by atoms with Crippen LogP contribution in [0.5, 0.6) is 0 Å². The fourth-order valence-corrected chi connectivity index (χ4v) is 6.73. The lowest BCUT2D eigenvalue weighted by molar-refractivity contribution is 0.578. The molecule has 2 aromatic heterocycles. The molecule has 3 aromatic carbocycles. The molecular formula is C28H24ClN3O2S. The van der Waals surface area contributed by atoms with Crippen molar-refractivity contribution in [3.05, 3.63) is 90.1 Å². The SMILES string of the molecule is O=S(=O)(c1ccccc1)n1c2ccc(-c3ccc(N4CCCCC4)cc3)cc2c2c(Cl)ccnc21. The van der Waals surface area contributed by atoms with Crippen molar-refractivity contribution in [2.75, 3.05) is 18.0 Å². The number of hydrogen-bond acceptors (Lipinski definition) is 4. The maximum atomic E-state index is 13.7. The zero-order valence-corrected chi connectivity index (χ0v) is 20.6. The molecule has 0 unspecified atom stereocenters. The Bertz CT molecular complexity index is 1640. The van der Waals surface area contributed by atoms with E-state index in [1.807, 2.05) is 18.2 Å². The molecule has 1 fully saturated rings. The van der Waals surface area contributed by atoms with Crippen LogP contribution < -0.4 is 4.90 Å². The van der Waals surface area contributed by atoms with Crippen molar-refractivity contribution in [1.29, 1.82) is 0 Å². The molecule has 0 saturated carbocycles. The minimum atomic E-state index is -3.87. The Labute approximate surface area is 209 Å². The van der Waals surface area contributed by atoms with Crippen LogP contribution in [-0.4, -0.2) is 30.5 Å². The van der Waals surface area contributed by atoms with Crippen LogP contribution in [0.25, 0.3) is 33.1 Å². The zero-order valence-electron chi connectivity index (χ0n) is 19.1. The van der Waals surface area contributed by atoms with E-state index < -0.39 is 10.0 Å². The Kier molecular flexibility index (Phi) is 5.50. The largest absolute Gasteiger partial charge is 0.372 e. The molecule has 1 saturated heterocycles. The molecule has 5 nitrogen and oxygen atoms in total. The van der Waals surface area contributed by atoms with Crippen LogP contribution >= 0.6 is 11.6 Å². The van der Waals surface area contributed by atoms with Crippen molar-refractivity contribution in [3.63, 3.8) is 0 Å². The number of aromatic nitrogens is 2. The second-order valence-corrected chi connectivity index (χ2v) is 11.1. The van der Waals surface area contributed by atoms with Crippen molar-refractivity contribution in [2.45, 2.75) is 24.2 Å². The van der Waals surface area contributed by atoms with Gasteiger partial charge in [0.05, 0.1) is 15.4 Å². The maximum Gasteiger partial charge on any atom is 0.269 e. The van der Waals surface area contributed by atoms with Crippen LogP contribution in [0.3, 0.4) is 0 Å². The molecule has 0 spiro atoms. The van der Waals surface area contributed by atoms with E-state index in [1.54, 1.807) is 42.6 Å². The van der Waals surface area contributed by atoms with Gasteiger partial charge in [0.1, 0.15) is 0 Å². The molecule has 0 bridgehead atoms. The third-order valence-electron chi connectivity index (χ3n) is 6.76. The lowest BCUT2D eigenvalue weighted by Crippen LogP contribution is -2.29. The van der Waals surface area contributed by atoms with E-state index in [1.165, 1.54) is 28.9 Å². The molecule has 0 N–H and O–H groups in total. The highest BCUT2D eigenvalue weighted by atomic mass is 35.5. The molecular weight excluding hydrogens is 478 g/mol. The zero-order chi connectivity index (χ0) is 24.0. The Morgan fingerprint density at radius 1 is 0.800 bits per heavy atom. The second kappa shape index (κ2) is 8.70. The number of pyridine rings is 1. The summed E-state index contributed by atoms with van der Waals surface area (Å²) in [4.78, 5) is 7.07. The van der Waals surface area contributed by atoms with Gasteiger partial charge in [-0.2, -0.15) is 0 Å². The standard InChI is InChI=1S/C28H24ClN3O2S/c29-25-15-16-30-28-27(25)24-19-21(20-9-12-22(13-10-20)31-17-5-2-6-18-31)11-14-26(24)32(28)35(33,34)23-7-3-1-4-8-23/h1,3-4,7-16,19H,2,5-6,17-18H2. The fraction of sp³-hybridized carbons (Fsp3) is 0.179. The van der Waals surface area contributed by atoms with Gasteiger partial charge in [-0.1, -0.05) is 48.0 Å². The molecule has 7 heteroatoms. The van der Waals surface area contributed by atoms with Gasteiger partial charge in [-0.3, -0.25) is 0 Å². The monoisotopic (exact) mass is 501 g/mol. The van der Waals surface area contributed by atoms with Crippen molar-refractivity contribution in [2.24, 2.45) is 0 Å². The summed E-state index contributed by atoms with van der Waals surface area (Å²) in [7, 11) is -3.87. The van der Waals surface area contributed by atoms with Crippen LogP contribution in [-0.2, 0) is 10.0 Å². The number of piperidine rings is 1. The van der Waals surface area contributed by atoms with Crippen molar-refractivity contribution in [3.8, 4) is 11.1 Å². The first kappa shape index (κ1) is 22.1. The first-order chi connectivity index (χ1) is 17.0. The summed E-state index contributed by atoms with van der Waals surface area (Å²) in [6.45, 7) is 2.21. The van der Waals surface area contributed by atoms with Gasteiger partial charge < -0.3 is 4.90 Å². The van der Waals surface area contributed by atoms with Crippen molar-refractivity contribution >= 4 is 49.2 Å². The predicted octanol–water partition coefficient (Wildman–Crippen LogP) is 6.74. The average molecular weight is 502 g/mol. The summed E-state index contributed by atoms with van der Waals surface area (Å²) in [6.07, 6.45) is 5.33. The van der Waals surface area contributed by atoms with Gasteiger partial charge in [-0.05, 0) is 72.9 Å². The second-order valence-electron chi connectivity index (χ2n) is 8.90. The lowest BCUT2D eigenvalue weighted by atomic mass is 10.0. The number of nitrogens with zero attached hydrogens (tertiary/aromatic N) is 3. The summed E-state index contributed by atoms with van der Waals surface area (Å²) in [5.41, 5.74) is 4.19. The Balaban J connectivity index is 1.51. The summed E-state index contributed by atoms with van der Waals surface area (Å²) in [6, 6.07) is 24.5. The number of rotatable bonds is 4. The number of halogens is 1. The molecule has 0 radical (unpaired) electrons. The minimum Gasteiger partial charge on any atom is -0.372 e. The van der Waals surface area contributed by atoms with Gasteiger partial charge in [0, 0.05) is 35.7 Å². The molecule has 35 heavy (non-hydrogen) atoms. The normalized spacial score (nSPS) is 14.6. The average Bonchev–Trinajstić information content (AvgIpc) is 3.25. The number of fused-ring (bicyclic) bond motifs is 3. The highest BCUT2D eigenvalue weighted by molar-refractivity contribution is 7.90. The molecule has 5 aromatic rings. The summed E-state index contributed by atoms with van der Waals surface area (Å²) < 4.78 is 28.6. The van der Waals surface area contributed by atoms with E-state index in [0.29, 0.717) is 21.6 Å². The van der Waals surface area contributed by atoms with Gasteiger partial charge in [0.15, 0.2) is 5.65 Å². The van der Waals surface area contributed by atoms with Crippen LogP contribution in [0.2, 0.25) is 5.02 Å². The third-order valence-corrected chi connectivity index (χ3v) is 8.79. The van der Waals surface area contributed by atoms with Crippen molar-refractivity contribution in [1.82, 2.24) is 8.96 Å². The molecule has 1 aliphatic heterocycles. The molecule has 1 aliphatic rings. The smallest absolute Gasteiger partial charge is 0.269 e. The van der Waals surface area contributed by atoms with E-state index in [0.717, 1.165) is 29.6 Å². The highest BCUT2D eigenvalue weighted by Gasteiger charge is 2.25. The van der Waals surface area contributed by atoms with E-state index >= 15 is 0 Å². The van der Waals surface area contributed by atoms with Gasteiger partial charge in [-0.15, -0.1) is 0 Å². The van der Waals surface area contributed by atoms with Gasteiger partial charge in [0.25, 0.3) is 10.0 Å². The van der Waals surface area contributed by atoms with E-state index in [-0.39, 0.29) is 4.90 Å². The molecule has 0 amide bonds. The third kappa shape index (κ3) is 3.77. The van der Waals surface area contributed by atoms with Gasteiger partial charge >= 0.3 is 0 Å². The number of anilines is 1. The van der Waals surface area contributed by atoms with Crippen LogP contribution in [0.4, 0.5) is 5.69 Å². The first-order valence-corrected chi connectivity index (χ1v) is 13.6. The topological polar surface area (TPSA) is 55.2 Å². The van der Waals surface area contributed by atoms with E-state index in [2.05, 4.69) is 34.1 Å². The summed E-state index contributed by atoms with van der Waals surface area (Å²) >= 11 is 6.60. The fourth-order valence-electron chi connectivity index (χ4n) is 5.00. The predicted molar refractivity (Wildman–Crippen MR) is 143 cm³/mol. The van der Waals surface area contributed by atoms with E-state index in [4.69, 9.17) is 11.6 Å². The summed E-state index contributed by atoms with van der Waals surface area (Å²) in [5.74, 6) is 0. The Morgan fingerprint density at radius 3 is 2.26 bits per heavy atom. The Morgan fingerprint density at radius 2 is 1.51 bits per heavy atom. The summed E-state index contributed by atoms with van der Waals surface area (Å²) in [5, 5.41) is 1.87. The van der Waals surface area contributed by atoms with Crippen molar-refractivity contribution < 1.29 is 8.42 Å². The molecule has 0 atom stereocenters. The van der Waals surface area contributed by atoms with Crippen LogP contribution in [0.1, 0.15) is 19.3 Å². The maximum absolute atomic E-state index is 13.7. The van der Waals surface area contributed by atoms with Gasteiger partial charge in [-0.25, -0.2) is 17.4 Å². The number of hydrogen-bond donors (Lipinski definition) is 0. The quantitative estimate of drug-likeness (QED) is 0.274. The highest BCUT2D eigenvalue weighted by Crippen LogP contribution is 2.37.